The molecule has 0 fully saturated rings. The van der Waals surface area contributed by atoms with Crippen LogP contribution in [0.5, 0.6) is 0 Å². The second kappa shape index (κ2) is 53.7. The molecule has 0 saturated carbocycles. The molecule has 681 valence electrons. The average molecular weight is 2250 g/mol. The maximum atomic E-state index is 11.7. The molecule has 0 bridgehead atoms. The van der Waals surface area contributed by atoms with Gasteiger partial charge in [0, 0.05) is 181 Å². The standard InChI is InChI=1S/C27H28NO.C23H20NO.C22H18NO.3C13H24O2.3Ir/c1-16(2)22-8-7-9-23(17(3)4)27(22)26-13-21-15-28-24(14-25(21)29-26)20-11-18(5)10-19(6)12-20;1-14-8-15(2)10-18(9-14)20-12-21-19(13-24-20)11-22(25-21)23-16(3)6-5-7-17(23)4;1-14-4-6-17(7-5-14)21-11-19-13-23-20(12-22(19)24-21)18-9-15(2)8-16(3)10-18;3*1-5-10(6-2)12(14)9-13(15)11(7-3)8-4;;;/h7-11,13-17H,1-6H3;5-9,11-13H,1-4H3;4-9,11-13H,1-3H3;3*9-11,14H,5-8H2,1-4H3;;;/q3*-1;;;;;;/i16D,17D;3D3,4D3;1D3;;;;;;. The summed E-state index contributed by atoms with van der Waals surface area (Å²) in [6, 6.07) is 50.3. The summed E-state index contributed by atoms with van der Waals surface area (Å²) >= 11 is 0. The number of ketones is 3. The molecule has 0 spiro atoms. The zero-order valence-electron chi connectivity index (χ0n) is 88.7. The van der Waals surface area contributed by atoms with Crippen LogP contribution in [0.15, 0.2) is 201 Å². The zero-order chi connectivity index (χ0) is 99.8. The minimum atomic E-state index is -2.49. The van der Waals surface area contributed by atoms with Gasteiger partial charge in [-0.25, -0.2) is 0 Å². The van der Waals surface area contributed by atoms with Gasteiger partial charge in [-0.15, -0.1) is 105 Å². The molecule has 0 aliphatic carbocycles. The van der Waals surface area contributed by atoms with E-state index in [-0.39, 0.29) is 153 Å². The fourth-order valence-corrected chi connectivity index (χ4v) is 15.2. The molecule has 6 aromatic carbocycles. The Kier molecular flexibility index (Phi) is 39.1. The monoisotopic (exact) mass is 2250 g/mol. The molecule has 0 aliphatic rings. The van der Waals surface area contributed by atoms with Crippen LogP contribution in [-0.4, -0.2) is 47.6 Å². The third kappa shape index (κ3) is 30.9. The summed E-state index contributed by atoms with van der Waals surface area (Å²) in [6.45, 7) is 36.7. The Morgan fingerprint density at radius 3 is 0.929 bits per heavy atom. The van der Waals surface area contributed by atoms with Gasteiger partial charge in [0.2, 0.25) is 0 Å². The van der Waals surface area contributed by atoms with E-state index in [4.69, 9.17) is 28.3 Å². The largest absolute Gasteiger partial charge is 0.512 e. The first-order valence-electron chi connectivity index (χ1n) is 49.4. The first-order chi connectivity index (χ1) is 63.0. The third-order valence-electron chi connectivity index (χ3n) is 22.6. The number of aryl methyl sites for hydroxylation is 9. The van der Waals surface area contributed by atoms with Crippen molar-refractivity contribution in [2.45, 2.75) is 262 Å². The third-order valence-corrected chi connectivity index (χ3v) is 22.6. The van der Waals surface area contributed by atoms with E-state index >= 15 is 0 Å². The van der Waals surface area contributed by atoms with Crippen LogP contribution in [0, 0.1) is 116 Å². The summed E-state index contributed by atoms with van der Waals surface area (Å²) in [5.41, 5.74) is 17.2. The van der Waals surface area contributed by atoms with E-state index < -0.39 is 32.3 Å². The second-order valence-electron chi connectivity index (χ2n) is 32.4. The molecule has 0 aliphatic heterocycles. The number of fused-ring (bicyclic) bond motifs is 3. The van der Waals surface area contributed by atoms with Crippen LogP contribution >= 0.6 is 0 Å². The number of rotatable bonds is 29. The van der Waals surface area contributed by atoms with Gasteiger partial charge in [0.15, 0.2) is 17.3 Å². The minimum Gasteiger partial charge on any atom is -0.512 e. The van der Waals surface area contributed by atoms with Crippen LogP contribution in [-0.2, 0) is 74.7 Å². The maximum absolute atomic E-state index is 11.7. The summed E-state index contributed by atoms with van der Waals surface area (Å²) in [5.74, 6) is 1.54. The van der Waals surface area contributed by atoms with Gasteiger partial charge in [-0.1, -0.05) is 219 Å². The molecule has 6 heterocycles. The van der Waals surface area contributed by atoms with Crippen LogP contribution < -0.4 is 0 Å². The number of furan rings is 3. The minimum absolute atomic E-state index is 0. The number of aliphatic hydroxyl groups excluding tert-OH is 3. The molecular formula is C111H138Ir3N3O9-3. The molecule has 0 saturated heterocycles. The summed E-state index contributed by atoms with van der Waals surface area (Å²) < 4.78 is 105. The number of carbonyl (C=O) groups is 3. The number of allylic oxidation sites excluding steroid dienone is 6. The molecule has 12 aromatic rings. The van der Waals surface area contributed by atoms with Crippen LogP contribution in [0.2, 0.25) is 0 Å². The van der Waals surface area contributed by atoms with Crippen molar-refractivity contribution < 1.29 is 118 Å². The molecule has 126 heavy (non-hydrogen) atoms. The van der Waals surface area contributed by atoms with E-state index in [2.05, 4.69) is 71.3 Å². The first kappa shape index (κ1) is 91.7. The maximum Gasteiger partial charge on any atom is 0.162 e. The number of carbonyl (C=O) groups excluding carboxylic acids is 3. The Hall–Kier alpha value is -9.03. The molecule has 6 aromatic heterocycles. The molecule has 15 heteroatoms. The summed E-state index contributed by atoms with van der Waals surface area (Å²) in [7, 11) is 0. The predicted octanol–water partition coefficient (Wildman–Crippen LogP) is 31.5. The Balaban J connectivity index is 0.000000352. The van der Waals surface area contributed by atoms with Crippen molar-refractivity contribution in [2.75, 3.05) is 0 Å². The summed E-state index contributed by atoms with van der Waals surface area (Å²) in [5, 5.41) is 31.7. The van der Waals surface area contributed by atoms with E-state index in [0.29, 0.717) is 33.7 Å². The Labute approximate surface area is 809 Å². The van der Waals surface area contributed by atoms with Gasteiger partial charge >= 0.3 is 0 Å². The van der Waals surface area contributed by atoms with E-state index in [9.17, 15) is 29.7 Å². The van der Waals surface area contributed by atoms with Gasteiger partial charge in [0.25, 0.3) is 0 Å². The van der Waals surface area contributed by atoms with Crippen LogP contribution in [0.3, 0.4) is 0 Å². The summed E-state index contributed by atoms with van der Waals surface area (Å²) in [6.07, 6.45) is 20.0. The molecule has 0 atom stereocenters. The van der Waals surface area contributed by atoms with Crippen LogP contribution in [0.1, 0.15) is 276 Å². The topological polar surface area (TPSA) is 190 Å². The van der Waals surface area contributed by atoms with E-state index in [0.717, 1.165) is 177 Å². The summed E-state index contributed by atoms with van der Waals surface area (Å²) in [4.78, 5) is 48.8. The van der Waals surface area contributed by atoms with E-state index in [1.807, 2.05) is 199 Å². The molecule has 3 radical (unpaired) electrons. The van der Waals surface area contributed by atoms with Gasteiger partial charge in [-0.3, -0.25) is 14.4 Å². The van der Waals surface area contributed by atoms with Crippen molar-refractivity contribution in [3.05, 3.63) is 267 Å². The van der Waals surface area contributed by atoms with Gasteiger partial charge < -0.3 is 43.5 Å². The molecular weight excluding hydrogens is 2100 g/mol. The molecule has 12 rings (SSSR count). The predicted molar refractivity (Wildman–Crippen MR) is 514 cm³/mol. The fourth-order valence-electron chi connectivity index (χ4n) is 15.2. The number of hydrogen-bond donors (Lipinski definition) is 3. The van der Waals surface area contributed by atoms with Crippen molar-refractivity contribution in [2.24, 2.45) is 35.5 Å². The average Bonchev–Trinajstić information content (AvgIpc) is 1.66. The second-order valence-corrected chi connectivity index (χ2v) is 32.4. The van der Waals surface area contributed by atoms with Gasteiger partial charge in [0.05, 0.1) is 17.3 Å². The van der Waals surface area contributed by atoms with Crippen molar-refractivity contribution in [1.29, 1.82) is 0 Å². The van der Waals surface area contributed by atoms with Gasteiger partial charge in [0.1, 0.15) is 34.0 Å². The molecule has 0 unspecified atom stereocenters. The van der Waals surface area contributed by atoms with Crippen molar-refractivity contribution in [3.8, 4) is 67.7 Å². The number of benzene rings is 6. The zero-order valence-corrected chi connectivity index (χ0v) is 84.9. The quantitative estimate of drug-likeness (QED) is 0.0229. The Morgan fingerprint density at radius 1 is 0.365 bits per heavy atom. The van der Waals surface area contributed by atoms with E-state index in [1.54, 1.807) is 48.8 Å². The molecule has 12 nitrogen and oxygen atoms in total. The van der Waals surface area contributed by atoms with Crippen LogP contribution in [0.25, 0.3) is 101 Å². The van der Waals surface area contributed by atoms with E-state index in [1.165, 1.54) is 42.0 Å². The van der Waals surface area contributed by atoms with Crippen LogP contribution in [0.4, 0.5) is 0 Å². The number of aromatic nitrogens is 3. The Bertz CT molecular complexity index is 5580. The normalized spacial score (nSPS) is 13.3. The number of hydrogen-bond acceptors (Lipinski definition) is 12. The van der Waals surface area contributed by atoms with Gasteiger partial charge in [-0.2, -0.15) is 0 Å². The van der Waals surface area contributed by atoms with Crippen molar-refractivity contribution >= 4 is 50.3 Å². The first-order valence-corrected chi connectivity index (χ1v) is 43.9. The van der Waals surface area contributed by atoms with Crippen molar-refractivity contribution in [3.63, 3.8) is 0 Å². The Morgan fingerprint density at radius 2 is 0.651 bits per heavy atom. The number of nitrogens with zero attached hydrogens (tertiary/aromatic N) is 3. The number of pyridine rings is 3. The fraction of sp³-hybridized carbons (Fsp3) is 0.405. The van der Waals surface area contributed by atoms with Gasteiger partial charge in [-0.05, 0) is 185 Å². The number of aliphatic hydroxyl groups is 3. The SMILES string of the molecule is CCC(CC)C(=O)C=C(O)C(CC)CC.CCC(CC)C(=O)C=C(O)C(CC)CC.CCC(CC)C(=O)C=C(O)C(CC)CC.[2H]C(C)(C)c1cccc(C([2H])(C)C)c1-c1cc2cnc(-c3[c-]c(C)cc(C)c3)cc2o1.[2H]C([2H])([2H])c1ccc(-c2cc3cnc(-c4[c-]c(C)cc(C)c4)cc3o2)cc1.[2H]C([2H])([2H])c1cccc(C([2H])([2H])[2H])c1-c1cc2cnc(-c3[c-]c(C)cc(C)c3)cc2o1.[Ir].[Ir].[Ir]. The molecule has 0 amide bonds. The smallest absolute Gasteiger partial charge is 0.162 e. The van der Waals surface area contributed by atoms with Crippen molar-refractivity contribution in [1.82, 2.24) is 15.0 Å². The molecule has 3 N–H and O–H groups in total.